The molecule has 2 aliphatic rings. The third-order valence-corrected chi connectivity index (χ3v) is 6.71. The molecule has 0 unspecified atom stereocenters. The van der Waals surface area contributed by atoms with Crippen molar-refractivity contribution in [2.45, 2.75) is 44.3 Å². The van der Waals surface area contributed by atoms with E-state index in [0.717, 1.165) is 43.5 Å². The molecule has 6 heteroatoms. The molecule has 2 fully saturated rings. The van der Waals surface area contributed by atoms with Crippen LogP contribution in [0.25, 0.3) is 0 Å². The van der Waals surface area contributed by atoms with E-state index in [9.17, 15) is 9.90 Å². The van der Waals surface area contributed by atoms with Gasteiger partial charge in [-0.2, -0.15) is 0 Å². The summed E-state index contributed by atoms with van der Waals surface area (Å²) in [5.41, 5.74) is 3.34. The predicted octanol–water partition coefficient (Wildman–Crippen LogP) is 4.37. The Balaban J connectivity index is 1.35. The van der Waals surface area contributed by atoms with Crippen molar-refractivity contribution in [2.75, 3.05) is 13.2 Å². The van der Waals surface area contributed by atoms with Gasteiger partial charge in [-0.1, -0.05) is 53.5 Å². The van der Waals surface area contributed by atoms with Crippen molar-refractivity contribution in [2.24, 2.45) is 5.92 Å². The minimum absolute atomic E-state index is 0.0295. The monoisotopic (exact) mass is 432 g/mol. The lowest BCUT2D eigenvalue weighted by Gasteiger charge is -2.24. The van der Waals surface area contributed by atoms with E-state index in [4.69, 9.17) is 23.2 Å². The van der Waals surface area contributed by atoms with Gasteiger partial charge in [0.2, 0.25) is 5.91 Å². The zero-order valence-electron chi connectivity index (χ0n) is 16.3. The molecule has 2 N–H and O–H groups in total. The number of nitrogens with one attached hydrogen (secondary N) is 1. The third-order valence-electron chi connectivity index (χ3n) is 6.14. The SMILES string of the molecule is O=C(NCc1ccccc1CN1CCC[C@@H]1CO)[C@H]1C[C@H]1c1ccc(Cl)cc1Cl. The van der Waals surface area contributed by atoms with Gasteiger partial charge in [-0.05, 0) is 60.5 Å². The van der Waals surface area contributed by atoms with Crippen molar-refractivity contribution >= 4 is 29.1 Å². The van der Waals surface area contributed by atoms with Crippen molar-refractivity contribution in [3.63, 3.8) is 0 Å². The van der Waals surface area contributed by atoms with Crippen LogP contribution in [-0.4, -0.2) is 35.1 Å². The summed E-state index contributed by atoms with van der Waals surface area (Å²) in [4.78, 5) is 15.0. The number of hydrogen-bond acceptors (Lipinski definition) is 3. The van der Waals surface area contributed by atoms with E-state index >= 15 is 0 Å². The van der Waals surface area contributed by atoms with Crippen molar-refractivity contribution in [1.82, 2.24) is 10.2 Å². The van der Waals surface area contributed by atoms with Crippen LogP contribution >= 0.6 is 23.2 Å². The largest absolute Gasteiger partial charge is 0.395 e. The lowest BCUT2D eigenvalue weighted by atomic mass is 10.1. The van der Waals surface area contributed by atoms with Gasteiger partial charge in [-0.15, -0.1) is 0 Å². The molecule has 2 aromatic rings. The molecule has 1 aliphatic heterocycles. The highest BCUT2D eigenvalue weighted by molar-refractivity contribution is 6.35. The van der Waals surface area contributed by atoms with Crippen LogP contribution in [0.1, 0.15) is 41.9 Å². The molecule has 1 amide bonds. The van der Waals surface area contributed by atoms with E-state index in [1.165, 1.54) is 5.56 Å². The summed E-state index contributed by atoms with van der Waals surface area (Å²) in [7, 11) is 0. The maximum Gasteiger partial charge on any atom is 0.224 e. The van der Waals surface area contributed by atoms with Crippen LogP contribution < -0.4 is 5.32 Å². The summed E-state index contributed by atoms with van der Waals surface area (Å²) in [6.07, 6.45) is 2.99. The van der Waals surface area contributed by atoms with E-state index in [2.05, 4.69) is 22.3 Å². The Morgan fingerprint density at radius 1 is 1.17 bits per heavy atom. The molecule has 1 saturated heterocycles. The topological polar surface area (TPSA) is 52.6 Å². The Morgan fingerprint density at radius 3 is 2.72 bits per heavy atom. The van der Waals surface area contributed by atoms with Crippen LogP contribution in [-0.2, 0) is 17.9 Å². The zero-order valence-corrected chi connectivity index (χ0v) is 17.8. The predicted molar refractivity (Wildman–Crippen MR) is 116 cm³/mol. The Hall–Kier alpha value is -1.59. The van der Waals surface area contributed by atoms with Gasteiger partial charge in [-0.3, -0.25) is 9.69 Å². The van der Waals surface area contributed by atoms with Crippen LogP contribution in [0.4, 0.5) is 0 Å². The van der Waals surface area contributed by atoms with Crippen molar-refractivity contribution in [3.05, 3.63) is 69.2 Å². The number of benzene rings is 2. The lowest BCUT2D eigenvalue weighted by Crippen LogP contribution is -2.32. The summed E-state index contributed by atoms with van der Waals surface area (Å²) < 4.78 is 0. The van der Waals surface area contributed by atoms with Gasteiger partial charge in [-0.25, -0.2) is 0 Å². The first kappa shape index (κ1) is 20.7. The average molecular weight is 433 g/mol. The third kappa shape index (κ3) is 4.77. The highest BCUT2D eigenvalue weighted by Crippen LogP contribution is 2.50. The second-order valence-electron chi connectivity index (χ2n) is 8.05. The molecule has 1 aliphatic carbocycles. The number of aliphatic hydroxyl groups excluding tert-OH is 1. The van der Waals surface area contributed by atoms with Gasteiger partial charge in [0, 0.05) is 35.1 Å². The van der Waals surface area contributed by atoms with E-state index in [-0.39, 0.29) is 30.4 Å². The van der Waals surface area contributed by atoms with Crippen LogP contribution in [0, 0.1) is 5.92 Å². The van der Waals surface area contributed by atoms with Gasteiger partial charge in [0.1, 0.15) is 0 Å². The van der Waals surface area contributed by atoms with Gasteiger partial charge in [0.25, 0.3) is 0 Å². The van der Waals surface area contributed by atoms with Gasteiger partial charge in [0.05, 0.1) is 6.61 Å². The van der Waals surface area contributed by atoms with E-state index in [1.54, 1.807) is 6.07 Å². The summed E-state index contributed by atoms with van der Waals surface area (Å²) in [6, 6.07) is 13.9. The Morgan fingerprint density at radius 2 is 1.97 bits per heavy atom. The fourth-order valence-electron chi connectivity index (χ4n) is 4.36. The van der Waals surface area contributed by atoms with Crippen molar-refractivity contribution < 1.29 is 9.90 Å². The molecule has 2 aromatic carbocycles. The Kier molecular flexibility index (Phi) is 6.45. The molecule has 1 heterocycles. The highest BCUT2D eigenvalue weighted by atomic mass is 35.5. The molecule has 0 spiro atoms. The molecule has 4 rings (SSSR count). The average Bonchev–Trinajstić information content (AvgIpc) is 3.38. The first-order valence-electron chi connectivity index (χ1n) is 10.2. The summed E-state index contributed by atoms with van der Waals surface area (Å²) >= 11 is 12.3. The molecular formula is C23H26Cl2N2O2. The molecule has 3 atom stereocenters. The number of carbonyl (C=O) groups excluding carboxylic acids is 1. The van der Waals surface area contributed by atoms with Crippen molar-refractivity contribution in [3.8, 4) is 0 Å². The molecule has 1 saturated carbocycles. The minimum Gasteiger partial charge on any atom is -0.395 e. The number of halogens is 2. The fraction of sp³-hybridized carbons (Fsp3) is 0.435. The normalized spacial score (nSPS) is 23.9. The number of carbonyl (C=O) groups is 1. The number of aliphatic hydroxyl groups is 1. The van der Waals surface area contributed by atoms with Crippen molar-refractivity contribution in [1.29, 1.82) is 0 Å². The van der Waals surface area contributed by atoms with E-state index in [0.29, 0.717) is 16.6 Å². The molecule has 154 valence electrons. The number of amides is 1. The highest BCUT2D eigenvalue weighted by Gasteiger charge is 2.44. The second-order valence-corrected chi connectivity index (χ2v) is 8.89. The van der Waals surface area contributed by atoms with Gasteiger partial charge in [0.15, 0.2) is 0 Å². The van der Waals surface area contributed by atoms with Crippen LogP contribution in [0.2, 0.25) is 10.0 Å². The molecule has 0 aromatic heterocycles. The number of likely N-dealkylation sites (tertiary alicyclic amines) is 1. The number of hydrogen-bond donors (Lipinski definition) is 2. The molecule has 4 nitrogen and oxygen atoms in total. The minimum atomic E-state index is -0.0295. The summed E-state index contributed by atoms with van der Waals surface area (Å²) in [5, 5.41) is 13.9. The standard InChI is InChI=1S/C23H26Cl2N2O2/c24-17-7-8-19(22(25)10-17)20-11-21(20)23(29)26-12-15-4-1-2-5-16(15)13-27-9-3-6-18(27)14-28/h1-2,4-5,7-8,10,18,20-21,28H,3,6,9,11-14H2,(H,26,29)/t18-,20+,21+/m1/s1. The zero-order chi connectivity index (χ0) is 20.4. The Labute approximate surface area is 181 Å². The fourth-order valence-corrected chi connectivity index (χ4v) is 4.91. The smallest absolute Gasteiger partial charge is 0.224 e. The summed E-state index contributed by atoms with van der Waals surface area (Å²) in [5.74, 6) is 0.216. The molecule has 0 radical (unpaired) electrons. The maximum absolute atomic E-state index is 12.7. The van der Waals surface area contributed by atoms with Crippen LogP contribution in [0.3, 0.4) is 0 Å². The number of rotatable bonds is 7. The van der Waals surface area contributed by atoms with E-state index < -0.39 is 0 Å². The molecule has 29 heavy (non-hydrogen) atoms. The summed E-state index contributed by atoms with van der Waals surface area (Å²) in [6.45, 7) is 2.54. The van der Waals surface area contributed by atoms with Gasteiger partial charge >= 0.3 is 0 Å². The van der Waals surface area contributed by atoms with E-state index in [1.807, 2.05) is 24.3 Å². The second kappa shape index (κ2) is 9.05. The first-order chi connectivity index (χ1) is 14.1. The van der Waals surface area contributed by atoms with Crippen LogP contribution in [0.15, 0.2) is 42.5 Å². The lowest BCUT2D eigenvalue weighted by molar-refractivity contribution is -0.122. The van der Waals surface area contributed by atoms with Crippen LogP contribution in [0.5, 0.6) is 0 Å². The Bertz CT molecular complexity index is 889. The maximum atomic E-state index is 12.7. The molecule has 0 bridgehead atoms. The first-order valence-corrected chi connectivity index (χ1v) is 11.0. The quantitative estimate of drug-likeness (QED) is 0.682. The number of nitrogens with zero attached hydrogens (tertiary/aromatic N) is 1. The molecular weight excluding hydrogens is 407 g/mol. The van der Waals surface area contributed by atoms with Gasteiger partial charge < -0.3 is 10.4 Å².